The van der Waals surface area contributed by atoms with Gasteiger partial charge in [0.05, 0.1) is 23.9 Å². The normalized spacial score (nSPS) is 26.4. The van der Waals surface area contributed by atoms with Crippen molar-refractivity contribution in [2.75, 3.05) is 19.6 Å². The van der Waals surface area contributed by atoms with Crippen molar-refractivity contribution in [2.24, 2.45) is 17.3 Å². The van der Waals surface area contributed by atoms with E-state index >= 15 is 0 Å². The third kappa shape index (κ3) is 2.87. The Morgan fingerprint density at radius 3 is 2.50 bits per heavy atom. The lowest BCUT2D eigenvalue weighted by Crippen LogP contribution is -2.53. The third-order valence-electron chi connectivity index (χ3n) is 5.71. The SMILES string of the molecule is CCCN1CC=C2C(C#N)C(=N)C(C#N)(C#N)[C@@H](c3ccc(F)c(F)c3)[C@@H]2C1. The Labute approximate surface area is 162 Å². The second-order valence-corrected chi connectivity index (χ2v) is 7.23. The number of nitrogens with zero attached hydrogens (tertiary/aromatic N) is 4. The third-order valence-corrected chi connectivity index (χ3v) is 5.71. The molecule has 0 radical (unpaired) electrons. The highest BCUT2D eigenvalue weighted by Gasteiger charge is 2.57. The molecule has 0 spiro atoms. The van der Waals surface area contributed by atoms with Gasteiger partial charge in [-0.1, -0.05) is 19.1 Å². The molecule has 28 heavy (non-hydrogen) atoms. The van der Waals surface area contributed by atoms with Gasteiger partial charge in [-0.05, 0) is 36.2 Å². The van der Waals surface area contributed by atoms with Crippen molar-refractivity contribution in [1.82, 2.24) is 4.90 Å². The number of rotatable bonds is 3. The maximum atomic E-state index is 14.0. The highest BCUT2D eigenvalue weighted by Crippen LogP contribution is 2.53. The highest BCUT2D eigenvalue weighted by molar-refractivity contribution is 6.00. The van der Waals surface area contributed by atoms with Gasteiger partial charge in [-0.15, -0.1) is 0 Å². The molecule has 1 aromatic carbocycles. The van der Waals surface area contributed by atoms with Gasteiger partial charge in [0.25, 0.3) is 0 Å². The molecule has 0 bridgehead atoms. The maximum absolute atomic E-state index is 14.0. The van der Waals surface area contributed by atoms with E-state index in [-0.39, 0.29) is 11.3 Å². The summed E-state index contributed by atoms with van der Waals surface area (Å²) in [6.07, 6.45) is 2.79. The van der Waals surface area contributed by atoms with Gasteiger partial charge in [-0.3, -0.25) is 4.90 Å². The minimum Gasteiger partial charge on any atom is -0.305 e. The summed E-state index contributed by atoms with van der Waals surface area (Å²) >= 11 is 0. The van der Waals surface area contributed by atoms with Crippen molar-refractivity contribution < 1.29 is 8.78 Å². The lowest BCUT2D eigenvalue weighted by molar-refractivity contribution is 0.204. The van der Waals surface area contributed by atoms with Crippen LogP contribution in [0.5, 0.6) is 0 Å². The minimum absolute atomic E-state index is 0.289. The predicted octanol–water partition coefficient (Wildman–Crippen LogP) is 3.52. The van der Waals surface area contributed by atoms with Gasteiger partial charge in [-0.25, -0.2) is 8.78 Å². The van der Waals surface area contributed by atoms with E-state index in [1.54, 1.807) is 0 Å². The first-order chi connectivity index (χ1) is 13.4. The van der Waals surface area contributed by atoms with Crippen molar-refractivity contribution in [1.29, 1.82) is 21.2 Å². The fourth-order valence-electron chi connectivity index (χ4n) is 4.45. The molecular weight excluding hydrogens is 360 g/mol. The van der Waals surface area contributed by atoms with Crippen LogP contribution >= 0.6 is 0 Å². The van der Waals surface area contributed by atoms with Crippen molar-refractivity contribution in [2.45, 2.75) is 19.3 Å². The first-order valence-corrected chi connectivity index (χ1v) is 9.11. The smallest absolute Gasteiger partial charge is 0.189 e. The lowest BCUT2D eigenvalue weighted by atomic mass is 9.54. The summed E-state index contributed by atoms with van der Waals surface area (Å²) in [5.41, 5.74) is -1.23. The molecule has 5 nitrogen and oxygen atoms in total. The Morgan fingerprint density at radius 2 is 1.93 bits per heavy atom. The maximum Gasteiger partial charge on any atom is 0.189 e. The molecule has 1 N–H and O–H groups in total. The first kappa shape index (κ1) is 19.7. The summed E-state index contributed by atoms with van der Waals surface area (Å²) in [7, 11) is 0. The van der Waals surface area contributed by atoms with Crippen LogP contribution in [0.1, 0.15) is 24.8 Å². The average molecular weight is 379 g/mol. The molecule has 1 saturated carbocycles. The molecule has 2 aliphatic rings. The summed E-state index contributed by atoms with van der Waals surface area (Å²) in [5.74, 6) is -4.32. The lowest BCUT2D eigenvalue weighted by Gasteiger charge is -2.47. The summed E-state index contributed by atoms with van der Waals surface area (Å²) < 4.78 is 27.5. The molecular formula is C21H19F2N5. The molecule has 0 amide bonds. The second kappa shape index (κ2) is 7.50. The predicted molar refractivity (Wildman–Crippen MR) is 97.9 cm³/mol. The molecule has 7 heteroatoms. The van der Waals surface area contributed by atoms with Crippen molar-refractivity contribution in [3.63, 3.8) is 0 Å². The van der Waals surface area contributed by atoms with E-state index in [2.05, 4.69) is 11.0 Å². The second-order valence-electron chi connectivity index (χ2n) is 7.23. The summed E-state index contributed by atoms with van der Waals surface area (Å²) in [6.45, 7) is 3.93. The Morgan fingerprint density at radius 1 is 1.21 bits per heavy atom. The number of halogens is 2. The Balaban J connectivity index is 2.23. The molecule has 1 aromatic rings. The van der Waals surface area contributed by atoms with Gasteiger partial charge >= 0.3 is 0 Å². The van der Waals surface area contributed by atoms with Crippen LogP contribution < -0.4 is 0 Å². The zero-order chi connectivity index (χ0) is 20.5. The van der Waals surface area contributed by atoms with Crippen molar-refractivity contribution >= 4 is 5.71 Å². The number of hydrogen-bond acceptors (Lipinski definition) is 5. The van der Waals surface area contributed by atoms with E-state index < -0.39 is 34.8 Å². The highest BCUT2D eigenvalue weighted by atomic mass is 19.2. The van der Waals surface area contributed by atoms with Gasteiger partial charge < -0.3 is 5.41 Å². The average Bonchev–Trinajstić information content (AvgIpc) is 2.70. The summed E-state index contributed by atoms with van der Waals surface area (Å²) in [5, 5.41) is 38.0. The van der Waals surface area contributed by atoms with Gasteiger partial charge in [0.15, 0.2) is 17.0 Å². The van der Waals surface area contributed by atoms with Crippen LogP contribution in [0.3, 0.4) is 0 Å². The molecule has 3 rings (SSSR count). The molecule has 1 aliphatic carbocycles. The van der Waals surface area contributed by atoms with Gasteiger partial charge in [0.1, 0.15) is 5.92 Å². The van der Waals surface area contributed by atoms with Crippen LogP contribution in [-0.4, -0.2) is 30.2 Å². The minimum atomic E-state index is -1.91. The molecule has 1 aliphatic heterocycles. The molecule has 1 unspecified atom stereocenters. The Bertz CT molecular complexity index is 948. The monoisotopic (exact) mass is 379 g/mol. The molecule has 142 valence electrons. The zero-order valence-corrected chi connectivity index (χ0v) is 15.4. The topological polar surface area (TPSA) is 98.5 Å². The van der Waals surface area contributed by atoms with Crippen LogP contribution in [0.15, 0.2) is 29.8 Å². The standard InChI is InChI=1S/C21H19F2N5/c1-2-6-28-7-5-14-15(9-24)20(27)21(11-25,12-26)19(16(14)10-28)13-3-4-17(22)18(23)8-13/h3-5,8,15-16,19,27H,2,6-7,10H2,1H3/t15?,16-,19+/m1/s1. The molecule has 3 atom stereocenters. The van der Waals surface area contributed by atoms with Crippen LogP contribution in [0.4, 0.5) is 8.78 Å². The van der Waals surface area contributed by atoms with E-state index in [1.165, 1.54) is 6.07 Å². The Hall–Kier alpha value is -3.08. The number of benzene rings is 1. The van der Waals surface area contributed by atoms with Gasteiger partial charge in [-0.2, -0.15) is 15.8 Å². The number of nitriles is 3. The van der Waals surface area contributed by atoms with Gasteiger partial charge in [0.2, 0.25) is 0 Å². The van der Waals surface area contributed by atoms with E-state index in [0.29, 0.717) is 18.7 Å². The number of fused-ring (bicyclic) bond motifs is 1. The fraction of sp³-hybridized carbons (Fsp3) is 0.429. The van der Waals surface area contributed by atoms with E-state index in [0.717, 1.165) is 25.1 Å². The van der Waals surface area contributed by atoms with Crippen LogP contribution in [0.25, 0.3) is 0 Å². The first-order valence-electron chi connectivity index (χ1n) is 9.11. The quantitative estimate of drug-likeness (QED) is 0.812. The Kier molecular flexibility index (Phi) is 5.27. The summed E-state index contributed by atoms with van der Waals surface area (Å²) in [4.78, 5) is 2.14. The molecule has 0 saturated heterocycles. The van der Waals surface area contributed by atoms with Crippen LogP contribution in [0.2, 0.25) is 0 Å². The largest absolute Gasteiger partial charge is 0.305 e. The molecule has 1 heterocycles. The van der Waals surface area contributed by atoms with E-state index in [9.17, 15) is 24.6 Å². The van der Waals surface area contributed by atoms with Crippen molar-refractivity contribution in [3.8, 4) is 18.2 Å². The number of hydrogen-bond donors (Lipinski definition) is 1. The van der Waals surface area contributed by atoms with E-state index in [4.69, 9.17) is 5.41 Å². The molecule has 0 aromatic heterocycles. The fourth-order valence-corrected chi connectivity index (χ4v) is 4.45. The van der Waals surface area contributed by atoms with Gasteiger partial charge in [0, 0.05) is 24.9 Å². The van der Waals surface area contributed by atoms with Crippen LogP contribution in [0, 0.1) is 68.3 Å². The molecule has 1 fully saturated rings. The number of nitrogens with one attached hydrogen (secondary N) is 1. The van der Waals surface area contributed by atoms with Crippen molar-refractivity contribution in [3.05, 3.63) is 47.0 Å². The van der Waals surface area contributed by atoms with Crippen LogP contribution in [-0.2, 0) is 0 Å². The van der Waals surface area contributed by atoms with E-state index in [1.807, 2.05) is 25.1 Å². The summed E-state index contributed by atoms with van der Waals surface area (Å²) in [6, 6.07) is 9.29. The zero-order valence-electron chi connectivity index (χ0n) is 15.4.